The first kappa shape index (κ1) is 32.5. The van der Waals surface area contributed by atoms with Gasteiger partial charge in [-0.3, -0.25) is 4.79 Å². The molecule has 1 aromatic heterocycles. The van der Waals surface area contributed by atoms with Crippen molar-refractivity contribution >= 4 is 28.6 Å². The van der Waals surface area contributed by atoms with Gasteiger partial charge in [-0.2, -0.15) is 13.2 Å². The van der Waals surface area contributed by atoms with Gasteiger partial charge in [0.2, 0.25) is 5.91 Å². The zero-order valence-electron chi connectivity index (χ0n) is 26.0. The summed E-state index contributed by atoms with van der Waals surface area (Å²) < 4.78 is 55.7. The van der Waals surface area contributed by atoms with E-state index >= 15 is 0 Å². The summed E-state index contributed by atoms with van der Waals surface area (Å²) in [5.41, 5.74) is 1.77. The summed E-state index contributed by atoms with van der Waals surface area (Å²) in [6.07, 6.45) is -2.56. The summed E-state index contributed by atoms with van der Waals surface area (Å²) in [5, 5.41) is 3.51. The number of nitrogens with zero attached hydrogens (tertiary/aromatic N) is 3. The molecule has 12 heteroatoms. The molecule has 4 aromatic rings. The van der Waals surface area contributed by atoms with Gasteiger partial charge in [0.15, 0.2) is 11.5 Å². The number of fused-ring (bicyclic) bond motifs is 1. The van der Waals surface area contributed by atoms with Crippen LogP contribution in [0.4, 0.5) is 23.7 Å². The quantitative estimate of drug-likeness (QED) is 0.219. The number of methoxy groups -OCH3 is 1. The van der Waals surface area contributed by atoms with Crippen LogP contribution in [0.25, 0.3) is 22.2 Å². The Morgan fingerprint density at radius 3 is 2.35 bits per heavy atom. The van der Waals surface area contributed by atoms with E-state index in [1.54, 1.807) is 30.2 Å². The number of ether oxygens (including phenoxy) is 3. The number of alkyl halides is 3. The van der Waals surface area contributed by atoms with Crippen LogP contribution in [0.1, 0.15) is 38.3 Å². The van der Waals surface area contributed by atoms with E-state index in [1.807, 2.05) is 39.0 Å². The predicted molar refractivity (Wildman–Crippen MR) is 167 cm³/mol. The molecule has 2 amide bonds. The monoisotopic (exact) mass is 636 g/mol. The molecule has 0 radical (unpaired) electrons. The molecule has 1 N–H and O–H groups in total. The average molecular weight is 637 g/mol. The van der Waals surface area contributed by atoms with Crippen LogP contribution >= 0.6 is 0 Å². The molecule has 0 bridgehead atoms. The maximum absolute atomic E-state index is 12.8. The van der Waals surface area contributed by atoms with Gasteiger partial charge in [-0.1, -0.05) is 24.3 Å². The molecule has 1 fully saturated rings. The fraction of sp³-hybridized carbons (Fsp3) is 0.353. The molecular weight excluding hydrogens is 601 g/mol. The van der Waals surface area contributed by atoms with Crippen molar-refractivity contribution in [1.29, 1.82) is 0 Å². The molecule has 1 atom stereocenters. The molecule has 5 rings (SSSR count). The van der Waals surface area contributed by atoms with E-state index in [0.29, 0.717) is 53.7 Å². The second-order valence-corrected chi connectivity index (χ2v) is 12.1. The average Bonchev–Trinajstić information content (AvgIpc) is 3.48. The minimum Gasteiger partial charge on any atom is -0.493 e. The Labute approximate surface area is 264 Å². The first-order valence-electron chi connectivity index (χ1n) is 14.8. The van der Waals surface area contributed by atoms with Gasteiger partial charge in [-0.05, 0) is 63.1 Å². The van der Waals surface area contributed by atoms with Crippen LogP contribution < -0.4 is 14.8 Å². The number of aromatic nitrogens is 2. The van der Waals surface area contributed by atoms with Gasteiger partial charge in [0, 0.05) is 41.7 Å². The largest absolute Gasteiger partial charge is 0.493 e. The topological polar surface area (TPSA) is 103 Å². The van der Waals surface area contributed by atoms with Crippen molar-refractivity contribution in [1.82, 2.24) is 14.9 Å². The first-order valence-corrected chi connectivity index (χ1v) is 14.8. The fourth-order valence-electron chi connectivity index (χ4n) is 5.15. The number of anilines is 1. The number of likely N-dealkylation sites (tertiary alicyclic amines) is 1. The molecule has 242 valence electrons. The van der Waals surface area contributed by atoms with Crippen LogP contribution in [0.15, 0.2) is 67.0 Å². The van der Waals surface area contributed by atoms with Crippen molar-refractivity contribution in [3.05, 3.63) is 78.1 Å². The summed E-state index contributed by atoms with van der Waals surface area (Å²) in [5.74, 6) is 0.828. The highest BCUT2D eigenvalue weighted by atomic mass is 19.4. The number of carbonyl (C=O) groups excluding carboxylic acids is 2. The smallest absolute Gasteiger partial charge is 0.416 e. The van der Waals surface area contributed by atoms with E-state index in [2.05, 4.69) is 15.3 Å². The highest BCUT2D eigenvalue weighted by Gasteiger charge is 2.31. The second kappa shape index (κ2) is 13.2. The summed E-state index contributed by atoms with van der Waals surface area (Å²) in [7, 11) is 1.56. The van der Waals surface area contributed by atoms with Crippen LogP contribution in [0, 0.1) is 5.92 Å². The Hall–Kier alpha value is -4.87. The Morgan fingerprint density at radius 2 is 1.70 bits per heavy atom. The summed E-state index contributed by atoms with van der Waals surface area (Å²) in [4.78, 5) is 35.6. The lowest BCUT2D eigenvalue weighted by Crippen LogP contribution is -2.35. The van der Waals surface area contributed by atoms with Crippen molar-refractivity contribution in [2.45, 2.75) is 45.4 Å². The van der Waals surface area contributed by atoms with Crippen LogP contribution in [-0.2, 0) is 22.1 Å². The standard InChI is InChI=1S/C34H35F3N4O5/c1-33(2,3)46-32(43)41-14-13-22(18-41)19-45-29-17-27-26(16-28(29)44-4)31(39-20-38-27)23-7-11-25(12-8-23)40-30(42)15-21-5-9-24(10-6-21)34(35,36)37/h5-12,16-17,20,22H,13-15,18-19H2,1-4H3,(H,40,42)/t22-/m0/s1. The number of hydrogen-bond donors (Lipinski definition) is 1. The number of carbonyl (C=O) groups is 2. The van der Waals surface area contributed by atoms with Gasteiger partial charge in [0.25, 0.3) is 0 Å². The number of hydrogen-bond acceptors (Lipinski definition) is 7. The third kappa shape index (κ3) is 8.04. The van der Waals surface area contributed by atoms with Gasteiger partial charge in [0.05, 0.1) is 36.9 Å². The van der Waals surface area contributed by atoms with E-state index in [9.17, 15) is 22.8 Å². The molecule has 0 unspecified atom stereocenters. The van der Waals surface area contributed by atoms with Gasteiger partial charge in [0.1, 0.15) is 11.9 Å². The molecule has 0 saturated carbocycles. The predicted octanol–water partition coefficient (Wildman–Crippen LogP) is 7.14. The number of benzene rings is 3. The van der Waals surface area contributed by atoms with Crippen molar-refractivity contribution < 1.29 is 37.0 Å². The number of amides is 2. The van der Waals surface area contributed by atoms with Crippen LogP contribution in [0.2, 0.25) is 0 Å². The summed E-state index contributed by atoms with van der Waals surface area (Å²) >= 11 is 0. The highest BCUT2D eigenvalue weighted by molar-refractivity contribution is 5.95. The van der Waals surface area contributed by atoms with Gasteiger partial charge in [-0.25, -0.2) is 14.8 Å². The lowest BCUT2D eigenvalue weighted by atomic mass is 10.1. The Morgan fingerprint density at radius 1 is 0.978 bits per heavy atom. The van der Waals surface area contributed by atoms with E-state index in [0.717, 1.165) is 29.5 Å². The van der Waals surface area contributed by atoms with Crippen molar-refractivity contribution in [3.8, 4) is 22.8 Å². The van der Waals surface area contributed by atoms with Crippen LogP contribution in [-0.4, -0.2) is 59.3 Å². The Kier molecular flexibility index (Phi) is 9.36. The zero-order valence-corrected chi connectivity index (χ0v) is 26.0. The van der Waals surface area contributed by atoms with Gasteiger partial charge < -0.3 is 24.4 Å². The van der Waals surface area contributed by atoms with E-state index in [4.69, 9.17) is 14.2 Å². The first-order chi connectivity index (χ1) is 21.8. The normalized spacial score (nSPS) is 15.1. The van der Waals surface area contributed by atoms with Crippen LogP contribution in [0.5, 0.6) is 11.5 Å². The fourth-order valence-corrected chi connectivity index (χ4v) is 5.15. The van der Waals surface area contributed by atoms with Crippen molar-refractivity contribution in [3.63, 3.8) is 0 Å². The van der Waals surface area contributed by atoms with E-state index in [1.165, 1.54) is 18.5 Å². The maximum Gasteiger partial charge on any atom is 0.416 e. The molecule has 9 nitrogen and oxygen atoms in total. The minimum absolute atomic E-state index is 0.0661. The second-order valence-electron chi connectivity index (χ2n) is 12.1. The maximum atomic E-state index is 12.8. The van der Waals surface area contributed by atoms with Gasteiger partial charge in [-0.15, -0.1) is 0 Å². The molecule has 1 aliphatic rings. The highest BCUT2D eigenvalue weighted by Crippen LogP contribution is 2.36. The number of nitrogens with one attached hydrogen (secondary N) is 1. The lowest BCUT2D eigenvalue weighted by molar-refractivity contribution is -0.137. The molecule has 0 aliphatic carbocycles. The van der Waals surface area contributed by atoms with Crippen LogP contribution in [0.3, 0.4) is 0 Å². The van der Waals surface area contributed by atoms with E-state index in [-0.39, 0.29) is 24.3 Å². The molecule has 1 aliphatic heterocycles. The van der Waals surface area contributed by atoms with Crippen molar-refractivity contribution in [2.24, 2.45) is 5.92 Å². The van der Waals surface area contributed by atoms with Gasteiger partial charge >= 0.3 is 12.3 Å². The van der Waals surface area contributed by atoms with E-state index < -0.39 is 17.3 Å². The van der Waals surface area contributed by atoms with Crippen molar-refractivity contribution in [2.75, 3.05) is 32.1 Å². The molecule has 1 saturated heterocycles. The third-order valence-electron chi connectivity index (χ3n) is 7.42. The third-order valence-corrected chi connectivity index (χ3v) is 7.42. The molecule has 46 heavy (non-hydrogen) atoms. The minimum atomic E-state index is -4.43. The lowest BCUT2D eigenvalue weighted by Gasteiger charge is -2.24. The summed E-state index contributed by atoms with van der Waals surface area (Å²) in [6.45, 7) is 7.08. The molecule has 2 heterocycles. The SMILES string of the molecule is COc1cc2c(-c3ccc(NC(=O)Cc4ccc(C(F)(F)F)cc4)cc3)ncnc2cc1OC[C@H]1CCN(C(=O)OC(C)(C)C)C1. The number of rotatable bonds is 8. The molecular formula is C34H35F3N4O5. The molecule has 0 spiro atoms. The number of halogens is 3. The Bertz CT molecular complexity index is 1700. The Balaban J connectivity index is 1.24. The summed E-state index contributed by atoms with van der Waals surface area (Å²) in [6, 6.07) is 15.2. The zero-order chi connectivity index (χ0) is 33.1. The molecule has 3 aromatic carbocycles.